The molecule has 0 aromatic heterocycles. The van der Waals surface area contributed by atoms with Gasteiger partial charge >= 0.3 is 0 Å². The lowest BCUT2D eigenvalue weighted by Crippen LogP contribution is -2.31. The van der Waals surface area contributed by atoms with Gasteiger partial charge in [-0.25, -0.2) is 4.39 Å². The van der Waals surface area contributed by atoms with Crippen LogP contribution in [0, 0.1) is 11.7 Å². The number of rotatable bonds is 5. The van der Waals surface area contributed by atoms with Crippen molar-refractivity contribution in [1.29, 1.82) is 0 Å². The largest absolute Gasteiger partial charge is 0.396 e. The summed E-state index contributed by atoms with van der Waals surface area (Å²) in [5.41, 5.74) is 0.888. The van der Waals surface area contributed by atoms with E-state index in [1.54, 1.807) is 12.1 Å². The average molecular weight is 227 g/mol. The number of aliphatic hydroxyl groups is 2. The fourth-order valence-electron chi connectivity index (χ4n) is 1.91. The molecule has 0 radical (unpaired) electrons. The van der Waals surface area contributed by atoms with Gasteiger partial charge in [0.1, 0.15) is 5.82 Å². The molecule has 90 valence electrons. The van der Waals surface area contributed by atoms with Crippen LogP contribution in [0.15, 0.2) is 24.3 Å². The maximum atomic E-state index is 12.8. The first-order valence-corrected chi connectivity index (χ1v) is 5.23. The molecule has 0 saturated carbocycles. The van der Waals surface area contributed by atoms with Crippen LogP contribution >= 0.6 is 0 Å². The Morgan fingerprint density at radius 3 is 2.00 bits per heavy atom. The summed E-state index contributed by atoms with van der Waals surface area (Å²) in [6, 6.07) is 6.02. The van der Waals surface area contributed by atoms with Gasteiger partial charge < -0.3 is 15.1 Å². The molecule has 0 aliphatic heterocycles. The topological polar surface area (TPSA) is 43.7 Å². The van der Waals surface area contributed by atoms with E-state index in [-0.39, 0.29) is 31.0 Å². The van der Waals surface area contributed by atoms with Crippen molar-refractivity contribution in [2.75, 3.05) is 27.3 Å². The van der Waals surface area contributed by atoms with Crippen LogP contribution in [-0.4, -0.2) is 42.4 Å². The fourth-order valence-corrected chi connectivity index (χ4v) is 1.91. The molecular weight excluding hydrogens is 209 g/mol. The molecule has 1 unspecified atom stereocenters. The normalized spacial score (nSPS) is 13.4. The van der Waals surface area contributed by atoms with E-state index in [1.165, 1.54) is 12.1 Å². The standard InChI is InChI=1S/C12H18FNO2/c1-14(2)12(10(7-15)8-16)9-3-5-11(13)6-4-9/h3-6,10,12,15-16H,7-8H2,1-2H3. The quantitative estimate of drug-likeness (QED) is 0.789. The molecule has 0 bridgehead atoms. The summed E-state index contributed by atoms with van der Waals surface area (Å²) in [6.45, 7) is -0.201. The van der Waals surface area contributed by atoms with E-state index in [2.05, 4.69) is 0 Å². The second-order valence-electron chi connectivity index (χ2n) is 4.09. The molecule has 0 saturated heterocycles. The summed E-state index contributed by atoms with van der Waals surface area (Å²) in [7, 11) is 3.73. The first kappa shape index (κ1) is 13.1. The second-order valence-corrected chi connectivity index (χ2v) is 4.09. The van der Waals surface area contributed by atoms with Crippen LogP contribution in [0.3, 0.4) is 0 Å². The zero-order chi connectivity index (χ0) is 12.1. The Kier molecular flexibility index (Phi) is 4.86. The van der Waals surface area contributed by atoms with Crippen molar-refractivity contribution < 1.29 is 14.6 Å². The van der Waals surface area contributed by atoms with E-state index in [9.17, 15) is 14.6 Å². The van der Waals surface area contributed by atoms with Crippen LogP contribution in [0.2, 0.25) is 0 Å². The van der Waals surface area contributed by atoms with E-state index in [0.717, 1.165) is 5.56 Å². The predicted molar refractivity (Wildman–Crippen MR) is 60.5 cm³/mol. The highest BCUT2D eigenvalue weighted by Crippen LogP contribution is 2.26. The lowest BCUT2D eigenvalue weighted by molar-refractivity contribution is 0.0808. The van der Waals surface area contributed by atoms with Crippen LogP contribution in [0.1, 0.15) is 11.6 Å². The Bertz CT molecular complexity index is 309. The first-order valence-electron chi connectivity index (χ1n) is 5.23. The minimum atomic E-state index is -0.286. The molecular formula is C12H18FNO2. The first-order chi connectivity index (χ1) is 7.60. The molecule has 1 rings (SSSR count). The third-order valence-electron chi connectivity index (χ3n) is 2.68. The van der Waals surface area contributed by atoms with Crippen molar-refractivity contribution in [1.82, 2.24) is 4.90 Å². The lowest BCUT2D eigenvalue weighted by Gasteiger charge is -2.30. The maximum Gasteiger partial charge on any atom is 0.123 e. The van der Waals surface area contributed by atoms with Gasteiger partial charge in [-0.3, -0.25) is 0 Å². The maximum absolute atomic E-state index is 12.8. The van der Waals surface area contributed by atoms with Crippen molar-refractivity contribution >= 4 is 0 Å². The molecule has 0 aliphatic carbocycles. The van der Waals surface area contributed by atoms with E-state index < -0.39 is 0 Å². The van der Waals surface area contributed by atoms with E-state index in [1.807, 2.05) is 19.0 Å². The molecule has 0 spiro atoms. The third-order valence-corrected chi connectivity index (χ3v) is 2.68. The van der Waals surface area contributed by atoms with Gasteiger partial charge in [-0.05, 0) is 31.8 Å². The van der Waals surface area contributed by atoms with Crippen LogP contribution in [0.25, 0.3) is 0 Å². The third kappa shape index (κ3) is 3.01. The van der Waals surface area contributed by atoms with Crippen molar-refractivity contribution in [3.05, 3.63) is 35.6 Å². The minimum Gasteiger partial charge on any atom is -0.396 e. The number of hydrogen-bond acceptors (Lipinski definition) is 3. The SMILES string of the molecule is CN(C)C(c1ccc(F)cc1)C(CO)CO. The van der Waals surface area contributed by atoms with Gasteiger partial charge in [0.2, 0.25) is 0 Å². The summed E-state index contributed by atoms with van der Waals surface area (Å²) >= 11 is 0. The highest BCUT2D eigenvalue weighted by atomic mass is 19.1. The second kappa shape index (κ2) is 5.94. The molecule has 0 heterocycles. The molecule has 0 aliphatic rings. The Balaban J connectivity index is 2.97. The number of halogens is 1. The van der Waals surface area contributed by atoms with Gasteiger partial charge in [-0.15, -0.1) is 0 Å². The Hall–Kier alpha value is -0.970. The highest BCUT2D eigenvalue weighted by Gasteiger charge is 2.23. The van der Waals surface area contributed by atoms with Crippen LogP contribution in [-0.2, 0) is 0 Å². The van der Waals surface area contributed by atoms with Gasteiger partial charge in [0, 0.05) is 25.2 Å². The van der Waals surface area contributed by atoms with E-state index in [0.29, 0.717) is 0 Å². The van der Waals surface area contributed by atoms with Gasteiger partial charge in [0.05, 0.1) is 0 Å². The molecule has 0 amide bonds. The van der Waals surface area contributed by atoms with Crippen molar-refractivity contribution in [2.24, 2.45) is 5.92 Å². The Labute approximate surface area is 95.1 Å². The highest BCUT2D eigenvalue weighted by molar-refractivity contribution is 5.20. The van der Waals surface area contributed by atoms with E-state index in [4.69, 9.17) is 0 Å². The monoisotopic (exact) mass is 227 g/mol. The van der Waals surface area contributed by atoms with Gasteiger partial charge in [0.25, 0.3) is 0 Å². The molecule has 4 heteroatoms. The number of hydrogen-bond donors (Lipinski definition) is 2. The zero-order valence-electron chi connectivity index (χ0n) is 9.60. The number of benzene rings is 1. The molecule has 1 atom stereocenters. The van der Waals surface area contributed by atoms with Crippen LogP contribution in [0.5, 0.6) is 0 Å². The fraction of sp³-hybridized carbons (Fsp3) is 0.500. The predicted octanol–water partition coefficient (Wildman–Crippen LogP) is 1.03. The van der Waals surface area contributed by atoms with Crippen LogP contribution in [0.4, 0.5) is 4.39 Å². The molecule has 1 aromatic rings. The lowest BCUT2D eigenvalue weighted by atomic mass is 9.93. The summed E-state index contributed by atoms with van der Waals surface area (Å²) in [6.07, 6.45) is 0. The summed E-state index contributed by atoms with van der Waals surface area (Å²) < 4.78 is 12.8. The summed E-state index contributed by atoms with van der Waals surface area (Å²) in [5, 5.41) is 18.4. The zero-order valence-corrected chi connectivity index (χ0v) is 9.60. The molecule has 0 fully saturated rings. The Morgan fingerprint density at radius 1 is 1.12 bits per heavy atom. The van der Waals surface area contributed by atoms with E-state index >= 15 is 0 Å². The van der Waals surface area contributed by atoms with Gasteiger partial charge in [0.15, 0.2) is 0 Å². The minimum absolute atomic E-state index is 0.100. The summed E-state index contributed by atoms with van der Waals surface area (Å²) in [5.74, 6) is -0.550. The smallest absolute Gasteiger partial charge is 0.123 e. The number of nitrogens with zero attached hydrogens (tertiary/aromatic N) is 1. The van der Waals surface area contributed by atoms with Crippen molar-refractivity contribution in [3.63, 3.8) is 0 Å². The Morgan fingerprint density at radius 2 is 1.62 bits per heavy atom. The van der Waals surface area contributed by atoms with Gasteiger partial charge in [-0.1, -0.05) is 12.1 Å². The average Bonchev–Trinajstić information content (AvgIpc) is 2.27. The molecule has 16 heavy (non-hydrogen) atoms. The number of aliphatic hydroxyl groups excluding tert-OH is 2. The van der Waals surface area contributed by atoms with Crippen molar-refractivity contribution in [3.8, 4) is 0 Å². The molecule has 3 nitrogen and oxygen atoms in total. The van der Waals surface area contributed by atoms with Crippen LogP contribution < -0.4 is 0 Å². The van der Waals surface area contributed by atoms with Gasteiger partial charge in [-0.2, -0.15) is 0 Å². The summed E-state index contributed by atoms with van der Waals surface area (Å²) in [4.78, 5) is 1.91. The van der Waals surface area contributed by atoms with Crippen molar-refractivity contribution in [2.45, 2.75) is 6.04 Å². The molecule has 1 aromatic carbocycles. The molecule has 2 N–H and O–H groups in total.